The van der Waals surface area contributed by atoms with Crippen LogP contribution in [-0.4, -0.2) is 158 Å². The number of likely N-dealkylation sites (tertiary alicyclic amines) is 3. The van der Waals surface area contributed by atoms with Gasteiger partial charge in [-0.1, -0.05) is 71.2 Å². The monoisotopic (exact) mass is 1240 g/mol. The lowest BCUT2D eigenvalue weighted by Crippen LogP contribution is -2.38. The zero-order chi connectivity index (χ0) is 62.3. The highest BCUT2D eigenvalue weighted by atomic mass is 35.5. The van der Waals surface area contributed by atoms with Gasteiger partial charge in [-0.05, 0) is 128 Å². The highest BCUT2D eigenvalue weighted by molar-refractivity contribution is 6.31. The summed E-state index contributed by atoms with van der Waals surface area (Å²) in [6, 6.07) is 29.5. The minimum Gasteiger partial charge on any atom is -0.360 e. The van der Waals surface area contributed by atoms with Crippen molar-refractivity contribution >= 4 is 87.7 Å². The summed E-state index contributed by atoms with van der Waals surface area (Å²) in [4.78, 5) is 98.0. The van der Waals surface area contributed by atoms with Gasteiger partial charge in [0.25, 0.3) is 17.7 Å². The maximum atomic E-state index is 13.0. The molecule has 3 fully saturated rings. The maximum Gasteiger partial charge on any atom is 0.255 e. The summed E-state index contributed by atoms with van der Waals surface area (Å²) < 4.78 is 0. The van der Waals surface area contributed by atoms with Crippen LogP contribution < -0.4 is 16.0 Å². The second-order valence-corrected chi connectivity index (χ2v) is 25.9. The molecule has 87 heavy (non-hydrogen) atoms. The van der Waals surface area contributed by atoms with Crippen LogP contribution in [0.1, 0.15) is 125 Å². The van der Waals surface area contributed by atoms with Crippen LogP contribution in [0.4, 0.5) is 17.5 Å². The fraction of sp³-hybridized carbons (Fsp3) is 0.409. The van der Waals surface area contributed by atoms with Crippen molar-refractivity contribution in [2.75, 3.05) is 76.4 Å². The molecule has 9 heterocycles. The lowest BCUT2D eigenvalue weighted by atomic mass is 9.89. The van der Waals surface area contributed by atoms with Crippen LogP contribution in [0.3, 0.4) is 0 Å². The van der Waals surface area contributed by atoms with Gasteiger partial charge in [-0.3, -0.25) is 28.8 Å². The van der Waals surface area contributed by atoms with Gasteiger partial charge in [0.2, 0.25) is 17.7 Å². The quantitative estimate of drug-likeness (QED) is 0.124. The Labute approximate surface area is 523 Å². The van der Waals surface area contributed by atoms with Crippen LogP contribution in [0.15, 0.2) is 110 Å². The average Bonchev–Trinajstić information content (AvgIpc) is 1.85. The first kappa shape index (κ1) is 62.3. The zero-order valence-corrected chi connectivity index (χ0v) is 53.0. The van der Waals surface area contributed by atoms with Gasteiger partial charge in [-0.25, -0.2) is 15.0 Å². The van der Waals surface area contributed by atoms with E-state index in [4.69, 9.17) is 34.8 Å². The van der Waals surface area contributed by atoms with Crippen molar-refractivity contribution in [3.63, 3.8) is 0 Å². The fourth-order valence-corrected chi connectivity index (χ4v) is 13.1. The van der Waals surface area contributed by atoms with E-state index in [-0.39, 0.29) is 70.2 Å². The molecule has 0 radical (unpaired) electrons. The van der Waals surface area contributed by atoms with Gasteiger partial charge in [0, 0.05) is 134 Å². The third-order valence-electron chi connectivity index (χ3n) is 18.4. The molecule has 0 saturated carbocycles. The molecular weight excluding hydrogens is 1160 g/mol. The number of rotatable bonds is 9. The molecule has 0 spiro atoms. The molecule has 456 valence electrons. The number of hydrogen-bond donors (Lipinski definition) is 3. The number of benzene rings is 3. The number of fused-ring (bicyclic) bond motifs is 3. The fourth-order valence-electron chi connectivity index (χ4n) is 12.7. The van der Waals surface area contributed by atoms with Crippen LogP contribution in [0.25, 0.3) is 0 Å². The number of carbonyl (C=O) groups is 6. The SMILES string of the molecule is CC(=O)N(C)[C@H]1CCN(C(=O)c2cnc3c(c2)CC(C)(c2ccc(Cl)cc2)N3)C1.CC(=O)N(C)[C@H]1CCN(C(=O)c2cnc3c(c2)C[C@@](C)(c2ccc(Cl)cc2)N3)C1.CC(=O)N(C)[C@H]1CCN(C(=O)c2cnc3c(c2)C[C@](C)(c2ccc(Cl)cc2)N3)C1. The third kappa shape index (κ3) is 13.4. The Kier molecular flexibility index (Phi) is 18.0. The van der Waals surface area contributed by atoms with E-state index in [0.29, 0.717) is 71.0 Å². The number of halogens is 3. The van der Waals surface area contributed by atoms with Gasteiger partial charge in [-0.2, -0.15) is 0 Å². The summed E-state index contributed by atoms with van der Waals surface area (Å²) in [5, 5.41) is 12.6. The van der Waals surface area contributed by atoms with Crippen molar-refractivity contribution in [3.05, 3.63) is 175 Å². The van der Waals surface area contributed by atoms with Crippen LogP contribution in [0.5, 0.6) is 0 Å². The summed E-state index contributed by atoms with van der Waals surface area (Å²) in [5.41, 5.74) is 7.40. The molecule has 0 bridgehead atoms. The minimum absolute atomic E-state index is 0.0241. The Hall–Kier alpha value is -7.80. The molecule has 6 atom stereocenters. The number of aromatic nitrogens is 3. The van der Waals surface area contributed by atoms with Gasteiger partial charge in [0.05, 0.1) is 51.4 Å². The van der Waals surface area contributed by atoms with Crippen LogP contribution in [0.2, 0.25) is 15.1 Å². The first-order chi connectivity index (χ1) is 41.3. The van der Waals surface area contributed by atoms with E-state index < -0.39 is 0 Å². The zero-order valence-electron chi connectivity index (χ0n) is 50.7. The molecule has 6 aliphatic heterocycles. The topological polar surface area (TPSA) is 197 Å². The number of carbonyl (C=O) groups excluding carboxylic acids is 6. The predicted octanol–water partition coefficient (Wildman–Crippen LogP) is 9.93. The summed E-state index contributed by atoms with van der Waals surface area (Å²) in [5.74, 6) is 2.43. The second-order valence-electron chi connectivity index (χ2n) is 24.6. The lowest BCUT2D eigenvalue weighted by molar-refractivity contribution is -0.130. The van der Waals surface area contributed by atoms with Gasteiger partial charge in [-0.15, -0.1) is 0 Å². The Balaban J connectivity index is 0.000000144. The summed E-state index contributed by atoms with van der Waals surface area (Å²) >= 11 is 18.1. The molecule has 3 N–H and O–H groups in total. The molecule has 6 amide bonds. The van der Waals surface area contributed by atoms with Gasteiger partial charge in [0.15, 0.2) is 0 Å². The highest BCUT2D eigenvalue weighted by Gasteiger charge is 2.40. The molecule has 3 saturated heterocycles. The van der Waals surface area contributed by atoms with E-state index in [1.54, 1.807) is 75.2 Å². The Morgan fingerprint density at radius 3 is 0.908 bits per heavy atom. The number of nitrogens with one attached hydrogen (secondary N) is 3. The van der Waals surface area contributed by atoms with Crippen molar-refractivity contribution in [2.45, 2.75) is 115 Å². The second kappa shape index (κ2) is 25.1. The Morgan fingerprint density at radius 2 is 0.678 bits per heavy atom. The smallest absolute Gasteiger partial charge is 0.255 e. The first-order valence-corrected chi connectivity index (χ1v) is 30.6. The predicted molar refractivity (Wildman–Crippen MR) is 339 cm³/mol. The normalized spacial score (nSPS) is 22.9. The van der Waals surface area contributed by atoms with Crippen LogP contribution in [-0.2, 0) is 50.3 Å². The number of nitrogens with zero attached hydrogens (tertiary/aromatic N) is 9. The van der Waals surface area contributed by atoms with Gasteiger partial charge >= 0.3 is 0 Å². The van der Waals surface area contributed by atoms with Crippen molar-refractivity contribution in [2.24, 2.45) is 0 Å². The molecule has 3 aromatic carbocycles. The molecule has 3 aromatic heterocycles. The highest BCUT2D eigenvalue weighted by Crippen LogP contribution is 2.42. The van der Waals surface area contributed by atoms with E-state index in [2.05, 4.69) is 51.7 Å². The van der Waals surface area contributed by atoms with Crippen molar-refractivity contribution in [1.29, 1.82) is 0 Å². The largest absolute Gasteiger partial charge is 0.360 e. The first-order valence-electron chi connectivity index (χ1n) is 29.5. The average molecular weight is 1240 g/mol. The standard InChI is InChI=1S/3C22H25ClN4O2/c3*1-14(28)26(3)19-8-9-27(13-19)21(29)16-10-15-11-22(2,25-20(15)24-12-16)17-4-6-18(23)7-5-17/h3*4-7,10,12,19H,8-9,11,13H2,1-3H3,(H,24,25)/t19-,22?;19-,22+;19-,22-/m000/s1. The van der Waals surface area contributed by atoms with E-state index in [0.717, 1.165) is 89.4 Å². The maximum absolute atomic E-state index is 13.0. The van der Waals surface area contributed by atoms with E-state index in [1.807, 2.05) is 106 Å². The number of likely N-dealkylation sites (N-methyl/N-ethyl adjacent to an activating group) is 3. The van der Waals surface area contributed by atoms with E-state index in [9.17, 15) is 28.8 Å². The molecule has 21 heteroatoms. The van der Waals surface area contributed by atoms with E-state index >= 15 is 0 Å². The number of hydrogen-bond acceptors (Lipinski definition) is 12. The van der Waals surface area contributed by atoms with Gasteiger partial charge < -0.3 is 45.3 Å². The minimum atomic E-state index is -0.287. The summed E-state index contributed by atoms with van der Waals surface area (Å²) in [7, 11) is 5.38. The molecule has 6 aromatic rings. The molecule has 1 unspecified atom stereocenters. The number of amides is 6. The van der Waals surface area contributed by atoms with Crippen LogP contribution >= 0.6 is 34.8 Å². The Bertz CT molecular complexity index is 3260. The Morgan fingerprint density at radius 1 is 0.437 bits per heavy atom. The molecule has 0 aliphatic carbocycles. The third-order valence-corrected chi connectivity index (χ3v) is 19.1. The summed E-state index contributed by atoms with van der Waals surface area (Å²) in [6.45, 7) is 14.7. The number of pyridine rings is 3. The number of anilines is 3. The van der Waals surface area contributed by atoms with Crippen molar-refractivity contribution in [1.82, 2.24) is 44.4 Å². The van der Waals surface area contributed by atoms with Gasteiger partial charge in [0.1, 0.15) is 17.5 Å². The molecule has 12 rings (SSSR count). The molecular formula is C66H75Cl3N12O6. The van der Waals surface area contributed by atoms with Crippen LogP contribution in [0, 0.1) is 0 Å². The van der Waals surface area contributed by atoms with Crippen molar-refractivity contribution < 1.29 is 28.8 Å². The van der Waals surface area contributed by atoms with Crippen molar-refractivity contribution in [3.8, 4) is 0 Å². The lowest BCUT2D eigenvalue weighted by Gasteiger charge is -2.25. The molecule has 18 nitrogen and oxygen atoms in total. The molecule has 6 aliphatic rings. The summed E-state index contributed by atoms with van der Waals surface area (Å²) in [6.07, 6.45) is 9.57. The van der Waals surface area contributed by atoms with E-state index in [1.165, 1.54) is 0 Å².